The van der Waals surface area contributed by atoms with Crippen LogP contribution >= 0.6 is 0 Å². The lowest BCUT2D eigenvalue weighted by atomic mass is 9.93. The molecular formula is C18H29N. The van der Waals surface area contributed by atoms with Gasteiger partial charge in [-0.25, -0.2) is 0 Å². The van der Waals surface area contributed by atoms with Gasteiger partial charge in [0.1, 0.15) is 0 Å². The molecule has 1 aliphatic rings. The second-order valence-corrected chi connectivity index (χ2v) is 6.18. The molecule has 0 heterocycles. The molecule has 1 N–H and O–H groups in total. The summed E-state index contributed by atoms with van der Waals surface area (Å²) >= 11 is 0. The third-order valence-corrected chi connectivity index (χ3v) is 4.72. The van der Waals surface area contributed by atoms with Crippen molar-refractivity contribution in [2.75, 3.05) is 6.54 Å². The molecule has 0 radical (unpaired) electrons. The molecule has 1 fully saturated rings. The molecule has 19 heavy (non-hydrogen) atoms. The Morgan fingerprint density at radius 2 is 1.89 bits per heavy atom. The van der Waals surface area contributed by atoms with E-state index in [-0.39, 0.29) is 0 Å². The van der Waals surface area contributed by atoms with E-state index in [0.29, 0.717) is 6.04 Å². The van der Waals surface area contributed by atoms with Crippen molar-refractivity contribution in [3.05, 3.63) is 34.9 Å². The largest absolute Gasteiger partial charge is 0.310 e. The number of nitrogens with one attached hydrogen (secondary N) is 1. The van der Waals surface area contributed by atoms with Crippen LogP contribution in [0.1, 0.15) is 68.2 Å². The van der Waals surface area contributed by atoms with E-state index >= 15 is 0 Å². The summed E-state index contributed by atoms with van der Waals surface area (Å²) in [4.78, 5) is 0. The number of benzene rings is 1. The van der Waals surface area contributed by atoms with Gasteiger partial charge in [0.15, 0.2) is 0 Å². The summed E-state index contributed by atoms with van der Waals surface area (Å²) in [6.45, 7) is 7.69. The van der Waals surface area contributed by atoms with Crippen LogP contribution in [0.15, 0.2) is 18.2 Å². The van der Waals surface area contributed by atoms with Gasteiger partial charge in [-0.1, -0.05) is 50.8 Å². The van der Waals surface area contributed by atoms with Gasteiger partial charge < -0.3 is 5.32 Å². The van der Waals surface area contributed by atoms with Crippen molar-refractivity contribution in [3.63, 3.8) is 0 Å². The van der Waals surface area contributed by atoms with Gasteiger partial charge in [-0.15, -0.1) is 0 Å². The lowest BCUT2D eigenvalue weighted by molar-refractivity contribution is 0.417. The molecule has 1 aliphatic carbocycles. The van der Waals surface area contributed by atoms with Crippen LogP contribution in [0.3, 0.4) is 0 Å². The van der Waals surface area contributed by atoms with Crippen LogP contribution in [0.5, 0.6) is 0 Å². The lowest BCUT2D eigenvalue weighted by Crippen LogP contribution is -2.21. The van der Waals surface area contributed by atoms with Crippen molar-refractivity contribution in [3.8, 4) is 0 Å². The van der Waals surface area contributed by atoms with Crippen molar-refractivity contribution in [2.24, 2.45) is 5.92 Å². The van der Waals surface area contributed by atoms with Crippen molar-refractivity contribution >= 4 is 0 Å². The molecule has 0 bridgehead atoms. The summed E-state index contributed by atoms with van der Waals surface area (Å²) in [5.74, 6) is 0.993. The van der Waals surface area contributed by atoms with Crippen LogP contribution < -0.4 is 5.32 Å². The van der Waals surface area contributed by atoms with Crippen molar-refractivity contribution in [1.29, 1.82) is 0 Å². The van der Waals surface area contributed by atoms with Crippen LogP contribution in [-0.2, 0) is 0 Å². The van der Waals surface area contributed by atoms with E-state index in [9.17, 15) is 0 Å². The Morgan fingerprint density at radius 1 is 1.16 bits per heavy atom. The fraction of sp³-hybridized carbons (Fsp3) is 0.667. The molecule has 2 rings (SSSR count). The highest BCUT2D eigenvalue weighted by Gasteiger charge is 2.18. The predicted molar refractivity (Wildman–Crippen MR) is 83.5 cm³/mol. The predicted octanol–water partition coefficient (Wildman–Crippen LogP) is 4.92. The van der Waals surface area contributed by atoms with Crippen molar-refractivity contribution in [2.45, 2.75) is 65.3 Å². The summed E-state index contributed by atoms with van der Waals surface area (Å²) in [6, 6.07) is 7.50. The summed E-state index contributed by atoms with van der Waals surface area (Å²) < 4.78 is 0. The van der Waals surface area contributed by atoms with E-state index in [4.69, 9.17) is 0 Å². The summed E-state index contributed by atoms with van der Waals surface area (Å²) in [7, 11) is 0. The standard InChI is InChI=1S/C18H29N/c1-4-19-18(12-10-16-7-5-6-8-16)17-11-9-14(2)15(3)13-17/h9,11,13,16,18-19H,4-8,10,12H2,1-3H3. The second kappa shape index (κ2) is 7.09. The van der Waals surface area contributed by atoms with Crippen molar-refractivity contribution < 1.29 is 0 Å². The van der Waals surface area contributed by atoms with Gasteiger partial charge in [0, 0.05) is 6.04 Å². The Balaban J connectivity index is 1.99. The molecule has 1 aromatic rings. The molecule has 1 unspecified atom stereocenters. The average molecular weight is 259 g/mol. The fourth-order valence-electron chi connectivity index (χ4n) is 3.32. The van der Waals surface area contributed by atoms with Gasteiger partial charge in [0.2, 0.25) is 0 Å². The first kappa shape index (κ1) is 14.6. The molecule has 0 aliphatic heterocycles. The van der Waals surface area contributed by atoms with E-state index in [1.165, 1.54) is 55.2 Å². The summed E-state index contributed by atoms with van der Waals surface area (Å²) in [6.07, 6.45) is 8.53. The molecule has 1 aromatic carbocycles. The normalized spacial score (nSPS) is 17.8. The molecule has 0 aromatic heterocycles. The highest BCUT2D eigenvalue weighted by molar-refractivity contribution is 5.31. The van der Waals surface area contributed by atoms with Crippen LogP contribution in [0, 0.1) is 19.8 Å². The van der Waals surface area contributed by atoms with E-state index in [1.54, 1.807) is 0 Å². The first-order chi connectivity index (χ1) is 9.20. The second-order valence-electron chi connectivity index (χ2n) is 6.18. The number of hydrogen-bond acceptors (Lipinski definition) is 1. The molecule has 0 amide bonds. The third-order valence-electron chi connectivity index (χ3n) is 4.72. The van der Waals surface area contributed by atoms with Crippen molar-refractivity contribution in [1.82, 2.24) is 5.32 Å². The van der Waals surface area contributed by atoms with Gasteiger partial charge in [0.05, 0.1) is 0 Å². The maximum Gasteiger partial charge on any atom is 0.0320 e. The zero-order valence-corrected chi connectivity index (χ0v) is 12.8. The van der Waals surface area contributed by atoms with Gasteiger partial charge in [0.25, 0.3) is 0 Å². The van der Waals surface area contributed by atoms with Crippen LogP contribution in [0.25, 0.3) is 0 Å². The Kier molecular flexibility index (Phi) is 5.45. The zero-order valence-electron chi connectivity index (χ0n) is 12.8. The first-order valence-electron chi connectivity index (χ1n) is 8.01. The third kappa shape index (κ3) is 4.07. The molecule has 0 saturated heterocycles. The molecule has 1 heteroatoms. The minimum atomic E-state index is 0.546. The van der Waals surface area contributed by atoms with Gasteiger partial charge in [-0.2, -0.15) is 0 Å². The molecule has 1 atom stereocenters. The van der Waals surface area contributed by atoms with E-state index < -0.39 is 0 Å². The molecule has 1 saturated carbocycles. The summed E-state index contributed by atoms with van der Waals surface area (Å²) in [5.41, 5.74) is 4.29. The van der Waals surface area contributed by atoms with E-state index in [2.05, 4.69) is 44.3 Å². The minimum Gasteiger partial charge on any atom is -0.310 e. The Bertz CT molecular complexity index is 391. The highest BCUT2D eigenvalue weighted by atomic mass is 14.9. The maximum atomic E-state index is 3.67. The van der Waals surface area contributed by atoms with Crippen LogP contribution in [-0.4, -0.2) is 6.54 Å². The Morgan fingerprint density at radius 3 is 2.53 bits per heavy atom. The minimum absolute atomic E-state index is 0.546. The smallest absolute Gasteiger partial charge is 0.0320 e. The number of aryl methyl sites for hydroxylation is 2. The molecular weight excluding hydrogens is 230 g/mol. The van der Waals surface area contributed by atoms with Gasteiger partial charge in [-0.3, -0.25) is 0 Å². The monoisotopic (exact) mass is 259 g/mol. The highest BCUT2D eigenvalue weighted by Crippen LogP contribution is 2.31. The fourth-order valence-corrected chi connectivity index (χ4v) is 3.32. The van der Waals surface area contributed by atoms with E-state index in [0.717, 1.165) is 12.5 Å². The Hall–Kier alpha value is -0.820. The quantitative estimate of drug-likeness (QED) is 0.764. The average Bonchev–Trinajstić information content (AvgIpc) is 2.91. The summed E-state index contributed by atoms with van der Waals surface area (Å²) in [5, 5.41) is 3.67. The molecule has 1 nitrogen and oxygen atoms in total. The molecule has 0 spiro atoms. The SMILES string of the molecule is CCNC(CCC1CCCC1)c1ccc(C)c(C)c1. The zero-order chi connectivity index (χ0) is 13.7. The number of rotatable bonds is 6. The van der Waals surface area contributed by atoms with Crippen LogP contribution in [0.4, 0.5) is 0 Å². The lowest BCUT2D eigenvalue weighted by Gasteiger charge is -2.21. The van der Waals surface area contributed by atoms with Gasteiger partial charge in [-0.05, 0) is 55.8 Å². The molecule has 106 valence electrons. The number of hydrogen-bond donors (Lipinski definition) is 1. The van der Waals surface area contributed by atoms with E-state index in [1.807, 2.05) is 0 Å². The van der Waals surface area contributed by atoms with Gasteiger partial charge >= 0.3 is 0 Å². The topological polar surface area (TPSA) is 12.0 Å². The Labute approximate surface area is 118 Å². The first-order valence-corrected chi connectivity index (χ1v) is 8.01. The maximum absolute atomic E-state index is 3.67. The van der Waals surface area contributed by atoms with Crippen LogP contribution in [0.2, 0.25) is 0 Å².